The van der Waals surface area contributed by atoms with Crippen LogP contribution in [0.4, 0.5) is 23.2 Å². The Balaban J connectivity index is 1.46. The molecule has 3 saturated heterocycles. The summed E-state index contributed by atoms with van der Waals surface area (Å²) < 4.78 is 70.0. The number of carbonyl (C=O) groups excluding carboxylic acids is 1. The SMILES string of the molecule is CCCCCN1C[C@@H](c2ccc(OC)cc2)[C@](F)(C(=O)N2C[C@H](c3ccc(C(F)(F)F)cc3N3CCC(C(=O)O)CC3)C[C@H]2COC)C1. The lowest BCUT2D eigenvalue weighted by molar-refractivity contribution is -0.146. The number of aliphatic carboxylic acids is 1. The topological polar surface area (TPSA) is 82.6 Å². The molecule has 3 aliphatic heterocycles. The van der Waals surface area contributed by atoms with Crippen molar-refractivity contribution in [3.8, 4) is 5.75 Å². The number of anilines is 1. The van der Waals surface area contributed by atoms with Crippen molar-refractivity contribution in [1.29, 1.82) is 0 Å². The van der Waals surface area contributed by atoms with Crippen LogP contribution in [0.1, 0.15) is 74.0 Å². The Hall–Kier alpha value is -3.38. The Morgan fingerprint density at radius 1 is 1.02 bits per heavy atom. The minimum atomic E-state index is -4.56. The predicted molar refractivity (Wildman–Crippen MR) is 174 cm³/mol. The number of amides is 1. The van der Waals surface area contributed by atoms with Crippen LogP contribution in [0.25, 0.3) is 0 Å². The number of carboxylic acid groups (broad SMARTS) is 1. The highest BCUT2D eigenvalue weighted by Crippen LogP contribution is 2.46. The van der Waals surface area contributed by atoms with Crippen molar-refractivity contribution in [2.45, 2.75) is 75.2 Å². The first-order valence-electron chi connectivity index (χ1n) is 16.9. The number of piperidine rings is 1. The highest BCUT2D eigenvalue weighted by Gasteiger charge is 2.57. The molecule has 1 N–H and O–H groups in total. The van der Waals surface area contributed by atoms with E-state index in [0.717, 1.165) is 31.4 Å². The molecule has 1 amide bonds. The molecule has 3 fully saturated rings. The van der Waals surface area contributed by atoms with Gasteiger partial charge in [-0.25, -0.2) is 4.39 Å². The first-order chi connectivity index (χ1) is 22.9. The summed E-state index contributed by atoms with van der Waals surface area (Å²) in [6.45, 7) is 4.01. The lowest BCUT2D eigenvalue weighted by atomic mass is 9.85. The monoisotopic (exact) mass is 677 g/mol. The van der Waals surface area contributed by atoms with E-state index < -0.39 is 47.2 Å². The molecule has 0 unspecified atom stereocenters. The van der Waals surface area contributed by atoms with Crippen molar-refractivity contribution in [3.05, 3.63) is 59.2 Å². The lowest BCUT2D eigenvalue weighted by Crippen LogP contribution is -2.52. The van der Waals surface area contributed by atoms with Gasteiger partial charge in [0.25, 0.3) is 5.91 Å². The van der Waals surface area contributed by atoms with Crippen LogP contribution in [-0.4, -0.2) is 98.6 Å². The number of likely N-dealkylation sites (tertiary alicyclic amines) is 2. The van der Waals surface area contributed by atoms with Gasteiger partial charge in [-0.05, 0) is 67.6 Å². The molecular weight excluding hydrogens is 630 g/mol. The van der Waals surface area contributed by atoms with Gasteiger partial charge in [0.2, 0.25) is 5.67 Å². The summed E-state index contributed by atoms with van der Waals surface area (Å²) in [5, 5.41) is 9.47. The second kappa shape index (κ2) is 15.0. The maximum absolute atomic E-state index is 17.6. The van der Waals surface area contributed by atoms with E-state index in [1.165, 1.54) is 13.2 Å². The fourth-order valence-corrected chi connectivity index (χ4v) is 7.77. The van der Waals surface area contributed by atoms with Crippen LogP contribution in [0, 0.1) is 5.92 Å². The number of rotatable bonds is 12. The van der Waals surface area contributed by atoms with Crippen molar-refractivity contribution in [3.63, 3.8) is 0 Å². The van der Waals surface area contributed by atoms with E-state index in [9.17, 15) is 27.9 Å². The number of unbranched alkanes of at least 4 members (excludes halogenated alkanes) is 2. The minimum Gasteiger partial charge on any atom is -0.497 e. The summed E-state index contributed by atoms with van der Waals surface area (Å²) in [6, 6.07) is 10.3. The number of halogens is 4. The average molecular weight is 678 g/mol. The van der Waals surface area contributed by atoms with Gasteiger partial charge in [0.1, 0.15) is 5.75 Å². The number of nitrogens with zero attached hydrogens (tertiary/aromatic N) is 3. The number of hydrogen-bond acceptors (Lipinski definition) is 6. The van der Waals surface area contributed by atoms with Gasteiger partial charge in [-0.2, -0.15) is 13.2 Å². The van der Waals surface area contributed by atoms with Crippen LogP contribution in [0.15, 0.2) is 42.5 Å². The van der Waals surface area contributed by atoms with Crippen LogP contribution in [0.3, 0.4) is 0 Å². The molecule has 2 aromatic rings. The molecule has 0 aromatic heterocycles. The number of ether oxygens (including phenoxy) is 2. The molecule has 0 aliphatic carbocycles. The van der Waals surface area contributed by atoms with Gasteiger partial charge in [0, 0.05) is 57.4 Å². The third-order valence-electron chi connectivity index (χ3n) is 10.4. The Morgan fingerprint density at radius 3 is 2.33 bits per heavy atom. The Morgan fingerprint density at radius 2 is 1.73 bits per heavy atom. The number of alkyl halides is 4. The lowest BCUT2D eigenvalue weighted by Gasteiger charge is -2.35. The van der Waals surface area contributed by atoms with E-state index in [2.05, 4.69) is 6.92 Å². The van der Waals surface area contributed by atoms with Gasteiger partial charge in [-0.1, -0.05) is 38.0 Å². The molecule has 0 radical (unpaired) electrons. The maximum Gasteiger partial charge on any atom is 0.416 e. The van der Waals surface area contributed by atoms with E-state index in [0.29, 0.717) is 68.0 Å². The fraction of sp³-hybridized carbons (Fsp3) is 0.611. The van der Waals surface area contributed by atoms with Crippen LogP contribution >= 0.6 is 0 Å². The fourth-order valence-electron chi connectivity index (χ4n) is 7.77. The standard InChI is InChI=1S/C36H47F4N3O5/c1-4-5-6-15-41-21-31(24-7-10-29(48-3)11-8-24)35(37,23-41)34(46)43-20-26(18-28(43)22-47-2)30-12-9-27(36(38,39)40)19-32(30)42-16-13-25(14-17-42)33(44)45/h7-12,19,25-26,28,31H,4-6,13-18,20-23H2,1-3H3,(H,44,45)/t26-,28+,31+,35+/m1/s1. The van der Waals surface area contributed by atoms with Crippen molar-refractivity contribution in [2.75, 3.05) is 65.0 Å². The molecule has 0 spiro atoms. The quantitative estimate of drug-likeness (QED) is 0.207. The molecule has 2 aromatic carbocycles. The Labute approximate surface area is 280 Å². The molecule has 0 saturated carbocycles. The summed E-state index contributed by atoms with van der Waals surface area (Å²) >= 11 is 0. The molecule has 4 atom stereocenters. The van der Waals surface area contributed by atoms with Gasteiger partial charge < -0.3 is 24.4 Å². The highest BCUT2D eigenvalue weighted by atomic mass is 19.4. The smallest absolute Gasteiger partial charge is 0.416 e. The predicted octanol–water partition coefficient (Wildman–Crippen LogP) is 6.34. The Kier molecular flexibility index (Phi) is 11.2. The van der Waals surface area contributed by atoms with Crippen molar-refractivity contribution in [2.24, 2.45) is 5.92 Å². The molecule has 48 heavy (non-hydrogen) atoms. The maximum atomic E-state index is 17.6. The van der Waals surface area contributed by atoms with Crippen molar-refractivity contribution in [1.82, 2.24) is 9.80 Å². The normalized spacial score (nSPS) is 25.5. The zero-order valence-corrected chi connectivity index (χ0v) is 28.0. The molecule has 3 heterocycles. The number of hydrogen-bond donors (Lipinski definition) is 1. The second-order valence-corrected chi connectivity index (χ2v) is 13.5. The largest absolute Gasteiger partial charge is 0.497 e. The van der Waals surface area contributed by atoms with Crippen LogP contribution in [0.5, 0.6) is 5.75 Å². The first-order valence-corrected chi connectivity index (χ1v) is 16.9. The summed E-state index contributed by atoms with van der Waals surface area (Å²) in [6.07, 6.45) is -0.610. The molecule has 8 nitrogen and oxygen atoms in total. The highest BCUT2D eigenvalue weighted by molar-refractivity contribution is 5.88. The van der Waals surface area contributed by atoms with Crippen LogP contribution in [0.2, 0.25) is 0 Å². The summed E-state index contributed by atoms with van der Waals surface area (Å²) in [5.41, 5.74) is -1.28. The number of benzene rings is 2. The van der Waals surface area contributed by atoms with Gasteiger partial charge in [-0.3, -0.25) is 14.5 Å². The number of methoxy groups -OCH3 is 2. The summed E-state index contributed by atoms with van der Waals surface area (Å²) in [7, 11) is 3.07. The summed E-state index contributed by atoms with van der Waals surface area (Å²) in [4.78, 5) is 31.5. The summed E-state index contributed by atoms with van der Waals surface area (Å²) in [5.74, 6) is -2.52. The van der Waals surface area contributed by atoms with E-state index in [4.69, 9.17) is 9.47 Å². The Bertz CT molecular complexity index is 1420. The molecule has 264 valence electrons. The zero-order chi connectivity index (χ0) is 34.6. The third kappa shape index (κ3) is 7.59. The van der Waals surface area contributed by atoms with E-state index in [1.54, 1.807) is 24.1 Å². The third-order valence-corrected chi connectivity index (χ3v) is 10.4. The molecule has 3 aliphatic rings. The van der Waals surface area contributed by atoms with Gasteiger partial charge >= 0.3 is 12.1 Å². The zero-order valence-electron chi connectivity index (χ0n) is 28.0. The molecule has 0 bridgehead atoms. The number of carbonyl (C=O) groups is 2. The van der Waals surface area contributed by atoms with Crippen LogP contribution in [-0.2, 0) is 20.5 Å². The van der Waals surface area contributed by atoms with Crippen molar-refractivity contribution < 1.29 is 41.7 Å². The molecular formula is C36H47F4N3O5. The van der Waals surface area contributed by atoms with E-state index in [1.807, 2.05) is 21.9 Å². The minimum absolute atomic E-state index is 0.0445. The molecule has 5 rings (SSSR count). The van der Waals surface area contributed by atoms with E-state index in [-0.39, 0.29) is 25.6 Å². The van der Waals surface area contributed by atoms with Gasteiger partial charge in [-0.15, -0.1) is 0 Å². The van der Waals surface area contributed by atoms with Crippen molar-refractivity contribution >= 4 is 17.6 Å². The second-order valence-electron chi connectivity index (χ2n) is 13.5. The average Bonchev–Trinajstić information content (AvgIpc) is 3.65. The van der Waals surface area contributed by atoms with Crippen LogP contribution < -0.4 is 9.64 Å². The molecule has 12 heteroatoms. The number of carboxylic acids is 1. The first kappa shape index (κ1) is 35.9. The van der Waals surface area contributed by atoms with Gasteiger partial charge in [0.05, 0.1) is 31.2 Å². The van der Waals surface area contributed by atoms with E-state index >= 15 is 4.39 Å². The van der Waals surface area contributed by atoms with Gasteiger partial charge in [0.15, 0.2) is 0 Å².